The monoisotopic (exact) mass is 430 g/mol. The van der Waals surface area contributed by atoms with Crippen molar-refractivity contribution in [2.24, 2.45) is 0 Å². The molecular weight excluding hydrogens is 403 g/mol. The van der Waals surface area contributed by atoms with Crippen molar-refractivity contribution < 1.29 is 4.39 Å². The molecule has 0 N–H and O–H groups in total. The van der Waals surface area contributed by atoms with Gasteiger partial charge in [0.15, 0.2) is 0 Å². The van der Waals surface area contributed by atoms with E-state index < -0.39 is 0 Å². The van der Waals surface area contributed by atoms with Crippen molar-refractivity contribution in [2.45, 2.75) is 25.7 Å². The molecule has 1 heteroatoms. The summed E-state index contributed by atoms with van der Waals surface area (Å²) in [4.78, 5) is 0. The Labute approximate surface area is 196 Å². The van der Waals surface area contributed by atoms with Crippen LogP contribution in [0.25, 0.3) is 21.9 Å². The van der Waals surface area contributed by atoms with Crippen molar-refractivity contribution in [3.8, 4) is 23.0 Å². The van der Waals surface area contributed by atoms with E-state index in [9.17, 15) is 0 Å². The van der Waals surface area contributed by atoms with Gasteiger partial charge in [0.1, 0.15) is 5.82 Å². The molecule has 0 aliphatic carbocycles. The summed E-state index contributed by atoms with van der Waals surface area (Å²) in [5.41, 5.74) is 6.04. The van der Waals surface area contributed by atoms with E-state index in [-0.39, 0.29) is 5.82 Å². The SMILES string of the molecule is C=CCCc1ccc(C#Cc2ccc3cc(-c4ccc(CCC=C)cc4)ccc3c2F)cc1. The average molecular weight is 431 g/mol. The Kier molecular flexibility index (Phi) is 7.18. The fourth-order valence-corrected chi connectivity index (χ4v) is 3.86. The van der Waals surface area contributed by atoms with Crippen molar-refractivity contribution in [3.63, 3.8) is 0 Å². The summed E-state index contributed by atoms with van der Waals surface area (Å²) >= 11 is 0. The van der Waals surface area contributed by atoms with Crippen LogP contribution in [0.15, 0.2) is 104 Å². The average Bonchev–Trinajstić information content (AvgIpc) is 2.86. The van der Waals surface area contributed by atoms with Crippen LogP contribution in [0.5, 0.6) is 0 Å². The molecule has 0 bridgehead atoms. The summed E-state index contributed by atoms with van der Waals surface area (Å²) in [6.07, 6.45) is 7.75. The molecule has 0 aliphatic rings. The van der Waals surface area contributed by atoms with Crippen molar-refractivity contribution in [2.75, 3.05) is 0 Å². The molecule has 0 radical (unpaired) electrons. The van der Waals surface area contributed by atoms with Crippen molar-refractivity contribution in [3.05, 3.63) is 132 Å². The van der Waals surface area contributed by atoms with Gasteiger partial charge in [0, 0.05) is 10.9 Å². The second-order valence-electron chi connectivity index (χ2n) is 8.16. The highest BCUT2D eigenvalue weighted by Crippen LogP contribution is 2.28. The summed E-state index contributed by atoms with van der Waals surface area (Å²) in [7, 11) is 0. The standard InChI is InChI=1S/C32H27F/c1-3-5-7-24-9-11-26(12-10-24)15-18-28-19-20-30-23-29(21-22-31(30)32(28)33)27-16-13-25(14-17-27)8-6-4-2/h3-4,9-14,16-17,19-23H,1-2,5-8H2. The third-order valence-electron chi connectivity index (χ3n) is 5.81. The molecule has 4 aromatic rings. The van der Waals surface area contributed by atoms with Crippen LogP contribution in [0.3, 0.4) is 0 Å². The molecule has 0 atom stereocenters. The van der Waals surface area contributed by atoms with Gasteiger partial charge in [-0.2, -0.15) is 0 Å². The van der Waals surface area contributed by atoms with Gasteiger partial charge in [-0.1, -0.05) is 78.6 Å². The zero-order chi connectivity index (χ0) is 23.0. The first-order valence-corrected chi connectivity index (χ1v) is 11.3. The van der Waals surface area contributed by atoms with Gasteiger partial charge in [-0.15, -0.1) is 13.2 Å². The topological polar surface area (TPSA) is 0 Å². The Hall–Kier alpha value is -3.89. The molecule has 0 amide bonds. The molecule has 33 heavy (non-hydrogen) atoms. The highest BCUT2D eigenvalue weighted by atomic mass is 19.1. The molecule has 4 rings (SSSR count). The Morgan fingerprint density at radius 1 is 0.667 bits per heavy atom. The van der Waals surface area contributed by atoms with E-state index in [1.807, 2.05) is 48.6 Å². The third kappa shape index (κ3) is 5.48. The van der Waals surface area contributed by atoms with Crippen molar-refractivity contribution in [1.29, 1.82) is 0 Å². The Bertz CT molecular complexity index is 1330. The van der Waals surface area contributed by atoms with Crippen molar-refractivity contribution in [1.82, 2.24) is 0 Å². The van der Waals surface area contributed by atoms with E-state index in [0.717, 1.165) is 47.8 Å². The number of allylic oxidation sites excluding steroid dienone is 2. The highest BCUT2D eigenvalue weighted by molar-refractivity contribution is 5.89. The van der Waals surface area contributed by atoms with Gasteiger partial charge in [-0.25, -0.2) is 4.39 Å². The maximum absolute atomic E-state index is 15.2. The van der Waals surface area contributed by atoms with Crippen LogP contribution in [-0.2, 0) is 12.8 Å². The predicted octanol–water partition coefficient (Wildman–Crippen LogP) is 8.28. The van der Waals surface area contributed by atoms with Gasteiger partial charge in [-0.3, -0.25) is 0 Å². The number of rotatable bonds is 7. The Morgan fingerprint density at radius 2 is 1.27 bits per heavy atom. The van der Waals surface area contributed by atoms with E-state index in [4.69, 9.17) is 0 Å². The normalized spacial score (nSPS) is 10.5. The molecule has 0 fully saturated rings. The number of hydrogen-bond donors (Lipinski definition) is 0. The van der Waals surface area contributed by atoms with Crippen LogP contribution in [-0.4, -0.2) is 0 Å². The summed E-state index contributed by atoms with van der Waals surface area (Å²) in [6.45, 7) is 7.54. The number of hydrogen-bond acceptors (Lipinski definition) is 0. The number of halogens is 1. The number of fused-ring (bicyclic) bond motifs is 1. The predicted molar refractivity (Wildman–Crippen MR) is 139 cm³/mol. The lowest BCUT2D eigenvalue weighted by Gasteiger charge is -2.07. The molecule has 0 heterocycles. The minimum atomic E-state index is -0.270. The van der Waals surface area contributed by atoms with E-state index in [0.29, 0.717) is 10.9 Å². The summed E-state index contributed by atoms with van der Waals surface area (Å²) in [5.74, 6) is 5.83. The van der Waals surface area contributed by atoms with Gasteiger partial charge < -0.3 is 0 Å². The fraction of sp³-hybridized carbons (Fsp3) is 0.125. The quantitative estimate of drug-likeness (QED) is 0.204. The van der Waals surface area contributed by atoms with E-state index in [1.54, 1.807) is 6.07 Å². The first-order chi connectivity index (χ1) is 16.2. The lowest BCUT2D eigenvalue weighted by Crippen LogP contribution is -1.89. The molecule has 0 saturated carbocycles. The molecule has 4 aromatic carbocycles. The summed E-state index contributed by atoms with van der Waals surface area (Å²) < 4.78 is 15.2. The largest absolute Gasteiger partial charge is 0.205 e. The van der Waals surface area contributed by atoms with Gasteiger partial charge >= 0.3 is 0 Å². The van der Waals surface area contributed by atoms with E-state index in [2.05, 4.69) is 61.4 Å². The molecule has 0 aromatic heterocycles. The van der Waals surface area contributed by atoms with Gasteiger partial charge in [-0.05, 0) is 77.6 Å². The molecule has 0 saturated heterocycles. The fourth-order valence-electron chi connectivity index (χ4n) is 3.86. The molecule has 162 valence electrons. The number of benzene rings is 4. The van der Waals surface area contributed by atoms with E-state index in [1.165, 1.54) is 11.1 Å². The van der Waals surface area contributed by atoms with Crippen molar-refractivity contribution >= 4 is 10.8 Å². The molecule has 0 nitrogen and oxygen atoms in total. The molecule has 0 spiro atoms. The van der Waals surface area contributed by atoms with Crippen LogP contribution in [0, 0.1) is 17.7 Å². The third-order valence-corrected chi connectivity index (χ3v) is 5.81. The highest BCUT2D eigenvalue weighted by Gasteiger charge is 2.08. The second-order valence-corrected chi connectivity index (χ2v) is 8.16. The Morgan fingerprint density at radius 3 is 1.91 bits per heavy atom. The maximum Gasteiger partial charge on any atom is 0.146 e. The summed E-state index contributed by atoms with van der Waals surface area (Å²) in [6, 6.07) is 26.2. The van der Waals surface area contributed by atoms with Crippen LogP contribution in [0.1, 0.15) is 35.1 Å². The molecule has 0 unspecified atom stereocenters. The first kappa shape index (κ1) is 22.3. The van der Waals surface area contributed by atoms with Crippen LogP contribution in [0.4, 0.5) is 4.39 Å². The smallest absolute Gasteiger partial charge is 0.146 e. The molecular formula is C32H27F. The van der Waals surface area contributed by atoms with Gasteiger partial charge in [0.2, 0.25) is 0 Å². The van der Waals surface area contributed by atoms with Crippen LogP contribution < -0.4 is 0 Å². The zero-order valence-electron chi connectivity index (χ0n) is 18.8. The lowest BCUT2D eigenvalue weighted by atomic mass is 9.98. The molecule has 0 aliphatic heterocycles. The van der Waals surface area contributed by atoms with Crippen LogP contribution >= 0.6 is 0 Å². The maximum atomic E-state index is 15.2. The minimum absolute atomic E-state index is 0.270. The lowest BCUT2D eigenvalue weighted by molar-refractivity contribution is 0.636. The zero-order valence-corrected chi connectivity index (χ0v) is 18.8. The Balaban J connectivity index is 1.56. The summed E-state index contributed by atoms with van der Waals surface area (Å²) in [5, 5.41) is 1.46. The van der Waals surface area contributed by atoms with E-state index >= 15 is 4.39 Å². The van der Waals surface area contributed by atoms with Crippen LogP contribution in [0.2, 0.25) is 0 Å². The second kappa shape index (κ2) is 10.6. The van der Waals surface area contributed by atoms with Gasteiger partial charge in [0.25, 0.3) is 0 Å². The minimum Gasteiger partial charge on any atom is -0.205 e. The first-order valence-electron chi connectivity index (χ1n) is 11.3. The number of aryl methyl sites for hydroxylation is 2. The van der Waals surface area contributed by atoms with Gasteiger partial charge in [0.05, 0.1) is 5.56 Å².